The predicted octanol–water partition coefficient (Wildman–Crippen LogP) is 9.45. The quantitative estimate of drug-likeness (QED) is 0.186. The molecule has 7 rings (SSSR count). The average molecular weight is 611 g/mol. The van der Waals surface area contributed by atoms with Gasteiger partial charge in [0.05, 0.1) is 20.4 Å². The zero-order chi connectivity index (χ0) is 23.9. The molecule has 5 heteroatoms. The van der Waals surface area contributed by atoms with Gasteiger partial charge < -0.3 is 0 Å². The molecule has 0 unspecified atom stereocenters. The highest BCUT2D eigenvalue weighted by Crippen LogP contribution is 2.35. The normalized spacial score (nSPS) is 13.4. The third-order valence-electron chi connectivity index (χ3n) is 6.19. The first kappa shape index (κ1) is 22.0. The maximum atomic E-state index is 4.81. The van der Waals surface area contributed by atoms with Crippen molar-refractivity contribution in [2.24, 2.45) is 0 Å². The summed E-state index contributed by atoms with van der Waals surface area (Å²) in [5.74, 6) is 0. The fraction of sp³-hybridized carbons (Fsp3) is 0. The van der Waals surface area contributed by atoms with Crippen molar-refractivity contribution in [3.8, 4) is 21.1 Å². The van der Waals surface area contributed by atoms with Gasteiger partial charge in [-0.1, -0.05) is 93.5 Å². The van der Waals surface area contributed by atoms with Crippen LogP contribution in [0.15, 0.2) is 107 Å². The first-order valence-electron chi connectivity index (χ1n) is 11.6. The summed E-state index contributed by atoms with van der Waals surface area (Å²) in [7, 11) is 0. The maximum absolute atomic E-state index is 4.81. The highest BCUT2D eigenvalue weighted by Gasteiger charge is 2.10. The summed E-state index contributed by atoms with van der Waals surface area (Å²) in [6.45, 7) is 0. The largest absolute Gasteiger partial charge is 0.236 e. The molecule has 0 aliphatic carbocycles. The van der Waals surface area contributed by atoms with Crippen LogP contribution >= 0.6 is 43.4 Å². The minimum Gasteiger partial charge on any atom is -0.236 e. The molecule has 0 fully saturated rings. The first-order valence-corrected chi connectivity index (χ1v) is 15.7. The Balaban J connectivity index is 1.14. The lowest BCUT2D eigenvalue weighted by atomic mass is 9.99. The minimum absolute atomic E-state index is 0.126. The van der Waals surface area contributed by atoms with Gasteiger partial charge in [0.15, 0.2) is 0 Å². The highest BCUT2D eigenvalue weighted by molar-refractivity contribution is 14.2. The van der Waals surface area contributed by atoms with Gasteiger partial charge in [0, 0.05) is 11.1 Å². The van der Waals surface area contributed by atoms with Gasteiger partial charge in [0.1, 0.15) is 10.0 Å². The van der Waals surface area contributed by atoms with E-state index in [2.05, 4.69) is 99.1 Å². The molecule has 1 aliphatic heterocycles. The maximum Gasteiger partial charge on any atom is 0.124 e. The number of aromatic nitrogens is 2. The monoisotopic (exact) mass is 610 g/mol. The van der Waals surface area contributed by atoms with E-state index in [1.54, 1.807) is 22.7 Å². The van der Waals surface area contributed by atoms with Gasteiger partial charge in [-0.3, -0.25) is 0 Å². The van der Waals surface area contributed by atoms with E-state index in [4.69, 9.17) is 9.97 Å². The summed E-state index contributed by atoms with van der Waals surface area (Å²) in [4.78, 5) is 9.61. The number of rotatable bonds is 4. The fourth-order valence-electron chi connectivity index (χ4n) is 4.29. The zero-order valence-corrected chi connectivity index (χ0v) is 22.8. The molecule has 2 nitrogen and oxygen atoms in total. The molecule has 6 aromatic rings. The number of fused-ring (bicyclic) bond motifs is 2. The standard InChI is InChI=1S/C31H19IN2S2/c1-3-7-28-26(5-1)33-30(35-28)22-13-9-20(10-14-22)24-17-25(19-32-18-24)21-11-15-23(16-12-21)31-34-27-6-2-4-8-29(27)36-31/h1-19H. The van der Waals surface area contributed by atoms with E-state index in [9.17, 15) is 0 Å². The molecule has 0 amide bonds. The van der Waals surface area contributed by atoms with E-state index in [1.165, 1.54) is 42.8 Å². The van der Waals surface area contributed by atoms with Crippen molar-refractivity contribution < 1.29 is 0 Å². The third kappa shape index (κ3) is 4.17. The molecule has 0 spiro atoms. The summed E-state index contributed by atoms with van der Waals surface area (Å²) in [6, 6.07) is 34.4. The Kier molecular flexibility index (Phi) is 5.69. The molecular formula is C31H19IN2S2. The number of nitrogens with zero attached hydrogens (tertiary/aromatic N) is 2. The van der Waals surface area contributed by atoms with E-state index >= 15 is 0 Å². The van der Waals surface area contributed by atoms with E-state index in [0.717, 1.165) is 21.0 Å². The van der Waals surface area contributed by atoms with Crippen LogP contribution in [0.4, 0.5) is 0 Å². The van der Waals surface area contributed by atoms with Crippen LogP contribution in [0, 0.1) is 0 Å². The van der Waals surface area contributed by atoms with Crippen molar-refractivity contribution >= 4 is 79.0 Å². The molecular weight excluding hydrogens is 591 g/mol. The number of hydrogen-bond acceptors (Lipinski definition) is 4. The molecule has 0 radical (unpaired) electrons. The van der Waals surface area contributed by atoms with Crippen molar-refractivity contribution in [1.29, 1.82) is 0 Å². The van der Waals surface area contributed by atoms with Crippen LogP contribution in [0.3, 0.4) is 0 Å². The second-order valence-electron chi connectivity index (χ2n) is 8.53. The Morgan fingerprint density at radius 1 is 0.500 bits per heavy atom. The van der Waals surface area contributed by atoms with Gasteiger partial charge in [-0.15, -0.1) is 22.7 Å². The summed E-state index contributed by atoms with van der Waals surface area (Å²) in [5, 5.41) is 2.15. The summed E-state index contributed by atoms with van der Waals surface area (Å²) in [6.07, 6.45) is 2.32. The smallest absolute Gasteiger partial charge is 0.124 e. The summed E-state index contributed by atoms with van der Waals surface area (Å²) >= 11 is 3.37. The van der Waals surface area contributed by atoms with Crippen LogP contribution in [0.5, 0.6) is 0 Å². The topological polar surface area (TPSA) is 25.8 Å². The minimum atomic E-state index is -0.126. The highest BCUT2D eigenvalue weighted by atomic mass is 127. The molecule has 0 N–H and O–H groups in total. The van der Waals surface area contributed by atoms with Crippen LogP contribution in [0.25, 0.3) is 52.7 Å². The molecule has 172 valence electrons. The number of hydrogen-bond donors (Lipinski definition) is 0. The molecule has 4 aromatic carbocycles. The van der Waals surface area contributed by atoms with Gasteiger partial charge in [0.25, 0.3) is 0 Å². The van der Waals surface area contributed by atoms with Gasteiger partial charge >= 0.3 is 0 Å². The van der Waals surface area contributed by atoms with E-state index in [0.29, 0.717) is 0 Å². The van der Waals surface area contributed by atoms with Crippen LogP contribution in [-0.4, -0.2) is 14.0 Å². The Morgan fingerprint density at radius 2 is 0.972 bits per heavy atom. The zero-order valence-electron chi connectivity index (χ0n) is 19.1. The van der Waals surface area contributed by atoms with Crippen molar-refractivity contribution in [3.63, 3.8) is 0 Å². The van der Waals surface area contributed by atoms with Crippen LogP contribution in [0.1, 0.15) is 11.1 Å². The molecule has 3 heterocycles. The van der Waals surface area contributed by atoms with Crippen molar-refractivity contribution in [2.45, 2.75) is 0 Å². The number of allylic oxidation sites excluding steroid dienone is 3. The number of benzene rings is 4. The molecule has 0 saturated heterocycles. The molecule has 0 saturated carbocycles. The first-order chi connectivity index (χ1) is 17.8. The van der Waals surface area contributed by atoms with E-state index in [-0.39, 0.29) is 20.7 Å². The summed E-state index contributed by atoms with van der Waals surface area (Å²) in [5.41, 5.74) is 9.63. The Hall–Kier alpha value is -3.26. The van der Waals surface area contributed by atoms with E-state index < -0.39 is 0 Å². The van der Waals surface area contributed by atoms with Gasteiger partial charge in [-0.05, 0) is 60.7 Å². The Bertz CT molecular complexity index is 1640. The van der Waals surface area contributed by atoms with E-state index in [1.807, 2.05) is 12.1 Å². The van der Waals surface area contributed by atoms with Crippen molar-refractivity contribution in [2.75, 3.05) is 0 Å². The van der Waals surface area contributed by atoms with Gasteiger partial charge in [-0.25, -0.2) is 9.97 Å². The number of thiazole rings is 2. The average Bonchev–Trinajstić information content (AvgIpc) is 3.58. The number of halogens is 1. The molecule has 1 aliphatic rings. The Labute approximate surface area is 227 Å². The Morgan fingerprint density at radius 3 is 1.50 bits per heavy atom. The molecule has 0 bridgehead atoms. The SMILES string of the molecule is C1=IC=C(c2ccc(-c3nc4ccccc4s3)cc2)C=C1c1ccc(-c2nc3ccccc3s2)cc1. The third-order valence-corrected chi connectivity index (χ3v) is 10.4. The lowest BCUT2D eigenvalue weighted by Gasteiger charge is -2.11. The lowest BCUT2D eigenvalue weighted by Crippen LogP contribution is -1.90. The summed E-state index contributed by atoms with van der Waals surface area (Å²) < 4.78 is 7.27. The van der Waals surface area contributed by atoms with Crippen molar-refractivity contribution in [3.05, 3.63) is 118 Å². The van der Waals surface area contributed by atoms with Gasteiger partial charge in [-0.2, -0.15) is 0 Å². The second kappa shape index (κ2) is 9.32. The predicted molar refractivity (Wildman–Crippen MR) is 166 cm³/mol. The van der Waals surface area contributed by atoms with Crippen LogP contribution < -0.4 is 0 Å². The second-order valence-corrected chi connectivity index (χ2v) is 12.6. The van der Waals surface area contributed by atoms with Crippen LogP contribution in [0.2, 0.25) is 0 Å². The molecule has 0 atom stereocenters. The number of para-hydroxylation sites is 2. The molecule has 36 heavy (non-hydrogen) atoms. The lowest BCUT2D eigenvalue weighted by molar-refractivity contribution is 1.47. The molecule has 2 aromatic heterocycles. The van der Waals surface area contributed by atoms with Gasteiger partial charge in [0.2, 0.25) is 0 Å². The van der Waals surface area contributed by atoms with Crippen molar-refractivity contribution in [1.82, 2.24) is 9.97 Å². The fourth-order valence-corrected chi connectivity index (χ4v) is 8.27. The van der Waals surface area contributed by atoms with Crippen LogP contribution in [-0.2, 0) is 0 Å².